The summed E-state index contributed by atoms with van der Waals surface area (Å²) >= 11 is 1.90. The van der Waals surface area contributed by atoms with Crippen LogP contribution < -0.4 is 26.6 Å². The van der Waals surface area contributed by atoms with E-state index in [0.717, 1.165) is 49.4 Å². The highest BCUT2D eigenvalue weighted by molar-refractivity contribution is 8.00. The van der Waals surface area contributed by atoms with Gasteiger partial charge in [-0.25, -0.2) is 9.48 Å². The first kappa shape index (κ1) is 54.5. The van der Waals surface area contributed by atoms with Crippen LogP contribution in [0.15, 0.2) is 0 Å². The van der Waals surface area contributed by atoms with Crippen LogP contribution in [-0.2, 0) is 55.8 Å². The quantitative estimate of drug-likeness (QED) is 0.0506. The minimum Gasteiger partial charge on any atom is -0.380 e. The highest BCUT2D eigenvalue weighted by Gasteiger charge is 2.42. The van der Waals surface area contributed by atoms with Gasteiger partial charge in [0.05, 0.1) is 64.0 Å². The van der Waals surface area contributed by atoms with E-state index >= 15 is 0 Å². The fourth-order valence-electron chi connectivity index (χ4n) is 8.40. The molecule has 3 aliphatic heterocycles. The zero-order chi connectivity index (χ0) is 47.1. The molecule has 0 aromatic carbocycles. The second kappa shape index (κ2) is 28.9. The monoisotopic (exact) mass is 940 g/mol. The molecule has 4 rings (SSSR count). The van der Waals surface area contributed by atoms with Crippen LogP contribution >= 0.6 is 11.8 Å². The molecule has 20 heteroatoms. The van der Waals surface area contributed by atoms with Gasteiger partial charge in [-0.2, -0.15) is 11.8 Å². The Morgan fingerprint density at radius 1 is 0.800 bits per heavy atom. The SMILES string of the molecule is CNCC(C)(C)COCC(C)(C)Cn1nnc2c1CCN(C(=O)CCCC(=O)NCCCOCCOCCOCCCNC(=O)CCCCC1SCC3NC(=O)NC31)CC(OC)C2OC. The maximum Gasteiger partial charge on any atom is 0.315 e. The Morgan fingerprint density at radius 2 is 1.45 bits per heavy atom. The molecule has 2 saturated heterocycles. The molecule has 0 spiro atoms. The van der Waals surface area contributed by atoms with Gasteiger partial charge in [-0.05, 0) is 39.2 Å². The topological polar surface area (TPSA) is 218 Å². The Hall–Kier alpha value is -3.11. The van der Waals surface area contributed by atoms with Crippen molar-refractivity contribution in [2.24, 2.45) is 10.8 Å². The van der Waals surface area contributed by atoms with Gasteiger partial charge in [-0.3, -0.25) is 14.4 Å². The Balaban J connectivity index is 0.979. The number of ether oxygens (including phenoxy) is 6. The minimum absolute atomic E-state index is 0.0179. The van der Waals surface area contributed by atoms with Crippen LogP contribution in [0.2, 0.25) is 0 Å². The third-order valence-electron chi connectivity index (χ3n) is 11.8. The van der Waals surface area contributed by atoms with Gasteiger partial charge in [-0.15, -0.1) is 5.10 Å². The third kappa shape index (κ3) is 19.6. The van der Waals surface area contributed by atoms with Gasteiger partial charge >= 0.3 is 6.03 Å². The molecule has 4 heterocycles. The molecule has 5 atom stereocenters. The normalized spacial score (nSPS) is 21.0. The fourth-order valence-corrected chi connectivity index (χ4v) is 9.94. The van der Waals surface area contributed by atoms with Gasteiger partial charge in [0.15, 0.2) is 0 Å². The van der Waals surface area contributed by atoms with Gasteiger partial charge < -0.3 is 59.9 Å². The fraction of sp³-hybridized carbons (Fsp3) is 0.867. The van der Waals surface area contributed by atoms with Crippen molar-refractivity contribution in [3.63, 3.8) is 0 Å². The van der Waals surface area contributed by atoms with Gasteiger partial charge in [-0.1, -0.05) is 39.3 Å². The van der Waals surface area contributed by atoms with Crippen LogP contribution in [0.1, 0.15) is 103 Å². The van der Waals surface area contributed by atoms with E-state index in [1.165, 1.54) is 0 Å². The summed E-state index contributed by atoms with van der Waals surface area (Å²) < 4.78 is 36.7. The highest BCUT2D eigenvalue weighted by atomic mass is 32.2. The highest BCUT2D eigenvalue weighted by Crippen LogP contribution is 2.33. The maximum absolute atomic E-state index is 13.5. The molecule has 2 fully saturated rings. The van der Waals surface area contributed by atoms with E-state index < -0.39 is 12.2 Å². The average molecular weight is 940 g/mol. The number of hydrogen-bond donors (Lipinski definition) is 5. The predicted octanol–water partition coefficient (Wildman–Crippen LogP) is 2.61. The second-order valence-corrected chi connectivity index (χ2v) is 20.2. The van der Waals surface area contributed by atoms with Crippen LogP contribution in [0.4, 0.5) is 4.79 Å². The van der Waals surface area contributed by atoms with Crippen LogP contribution in [0.5, 0.6) is 0 Å². The first-order valence-corrected chi connectivity index (χ1v) is 24.7. The van der Waals surface area contributed by atoms with Crippen molar-refractivity contribution in [3.05, 3.63) is 11.4 Å². The van der Waals surface area contributed by atoms with Crippen molar-refractivity contribution < 1.29 is 47.6 Å². The standard InChI is InChI=1S/C45H81N9O10S/c1-44(2,29-46-5)31-64-32-45(3,4)30-54-34-17-20-53(27-35(59-6)42(60-7)41(34)51-52-54)39(57)16-10-15-38(56)48-19-12-22-62-24-26-63-25-23-61-21-11-18-47-37(55)14-9-8-13-36-40-33(28-65-36)49-43(58)50-40/h33,35-36,40,42,46H,8-32H2,1-7H3,(H,47,55)(H,48,56)(H2,49,50,58). The van der Waals surface area contributed by atoms with Crippen LogP contribution in [0.25, 0.3) is 0 Å². The second-order valence-electron chi connectivity index (χ2n) is 18.9. The summed E-state index contributed by atoms with van der Waals surface area (Å²) in [6.07, 6.45) is 5.33. The van der Waals surface area contributed by atoms with Crippen molar-refractivity contribution >= 4 is 35.5 Å². The number of thioether (sulfide) groups is 1. The molecular weight excluding hydrogens is 859 g/mol. The number of unbranched alkanes of at least 4 members (excludes halogenated alkanes) is 1. The van der Waals surface area contributed by atoms with Gasteiger partial charge in [0.25, 0.3) is 0 Å². The minimum atomic E-state index is -0.493. The molecule has 0 saturated carbocycles. The van der Waals surface area contributed by atoms with Gasteiger partial charge in [0.1, 0.15) is 17.9 Å². The van der Waals surface area contributed by atoms with Gasteiger partial charge in [0.2, 0.25) is 17.7 Å². The van der Waals surface area contributed by atoms with Crippen molar-refractivity contribution in [1.29, 1.82) is 0 Å². The summed E-state index contributed by atoms with van der Waals surface area (Å²) in [6.45, 7) is 16.1. The van der Waals surface area contributed by atoms with Crippen molar-refractivity contribution in [1.82, 2.24) is 46.5 Å². The number of nitrogens with zero attached hydrogens (tertiary/aromatic N) is 4. The molecule has 19 nitrogen and oxygen atoms in total. The van der Waals surface area contributed by atoms with Gasteiger partial charge in [0, 0.05) is 108 Å². The molecule has 0 aliphatic carbocycles. The maximum atomic E-state index is 13.5. The molecule has 5 amide bonds. The number of methoxy groups -OCH3 is 2. The summed E-state index contributed by atoms with van der Waals surface area (Å²) in [5, 5.41) is 24.6. The van der Waals surface area contributed by atoms with Crippen molar-refractivity contribution in [2.45, 2.75) is 128 Å². The summed E-state index contributed by atoms with van der Waals surface area (Å²) in [4.78, 5) is 51.5. The summed E-state index contributed by atoms with van der Waals surface area (Å²) in [5.41, 5.74) is 1.45. The molecule has 3 aliphatic rings. The average Bonchev–Trinajstić information content (AvgIpc) is 3.94. The lowest BCUT2D eigenvalue weighted by Crippen LogP contribution is -2.44. The van der Waals surface area contributed by atoms with Crippen molar-refractivity contribution in [2.75, 3.05) is 113 Å². The largest absolute Gasteiger partial charge is 0.380 e. The lowest BCUT2D eigenvalue weighted by molar-refractivity contribution is -0.136. The number of amides is 5. The smallest absolute Gasteiger partial charge is 0.315 e. The molecule has 65 heavy (non-hydrogen) atoms. The van der Waals surface area contributed by atoms with E-state index in [-0.39, 0.29) is 59.5 Å². The van der Waals surface area contributed by atoms with E-state index in [4.69, 9.17) is 28.4 Å². The summed E-state index contributed by atoms with van der Waals surface area (Å²) in [5.74, 6) is 0.894. The lowest BCUT2D eigenvalue weighted by Gasteiger charge is -2.34. The number of aromatic nitrogens is 3. The van der Waals surface area contributed by atoms with Crippen LogP contribution in [0, 0.1) is 10.8 Å². The van der Waals surface area contributed by atoms with E-state index in [0.29, 0.717) is 117 Å². The number of nitrogens with one attached hydrogen (secondary N) is 5. The number of hydrogen-bond acceptors (Lipinski definition) is 14. The Labute approximate surface area is 391 Å². The van der Waals surface area contributed by atoms with Crippen molar-refractivity contribution in [3.8, 4) is 0 Å². The zero-order valence-corrected chi connectivity index (χ0v) is 41.2. The Morgan fingerprint density at radius 3 is 2.09 bits per heavy atom. The molecule has 0 bridgehead atoms. The number of fused-ring (bicyclic) bond motifs is 2. The Kier molecular flexibility index (Phi) is 24.3. The third-order valence-corrected chi connectivity index (χ3v) is 13.3. The molecule has 372 valence electrons. The van der Waals surface area contributed by atoms with E-state index in [9.17, 15) is 19.2 Å². The predicted molar refractivity (Wildman–Crippen MR) is 249 cm³/mol. The number of rotatable bonds is 33. The van der Waals surface area contributed by atoms with E-state index in [1.807, 2.05) is 28.4 Å². The molecule has 5 unspecified atom stereocenters. The molecule has 1 aromatic rings. The molecular formula is C45H81N9O10S. The molecule has 5 N–H and O–H groups in total. The first-order valence-electron chi connectivity index (χ1n) is 23.7. The number of urea groups is 1. The number of carbonyl (C=O) groups excluding carboxylic acids is 4. The summed E-state index contributed by atoms with van der Waals surface area (Å²) in [7, 11) is 5.18. The lowest BCUT2D eigenvalue weighted by atomic mass is 9.93. The van der Waals surface area contributed by atoms with Crippen LogP contribution in [-0.4, -0.2) is 180 Å². The van der Waals surface area contributed by atoms with E-state index in [2.05, 4.69) is 64.6 Å². The Bertz CT molecular complexity index is 1590. The van der Waals surface area contributed by atoms with Crippen LogP contribution in [0.3, 0.4) is 0 Å². The molecule has 1 aromatic heterocycles. The number of carbonyl (C=O) groups is 4. The summed E-state index contributed by atoms with van der Waals surface area (Å²) in [6, 6.07) is 0.388. The van der Waals surface area contributed by atoms with E-state index in [1.54, 1.807) is 14.2 Å². The first-order chi connectivity index (χ1) is 31.3. The molecule has 0 radical (unpaired) electrons. The zero-order valence-electron chi connectivity index (χ0n) is 40.3.